The average Bonchev–Trinajstić information content (AvgIpc) is 2.74. The molecule has 0 aliphatic heterocycles. The van der Waals surface area contributed by atoms with Gasteiger partial charge in [-0.15, -0.1) is 11.3 Å². The van der Waals surface area contributed by atoms with Crippen molar-refractivity contribution in [1.29, 1.82) is 0 Å². The van der Waals surface area contributed by atoms with Crippen LogP contribution in [0.15, 0.2) is 34.6 Å². The van der Waals surface area contributed by atoms with Crippen LogP contribution in [0.5, 0.6) is 0 Å². The van der Waals surface area contributed by atoms with Gasteiger partial charge in [-0.1, -0.05) is 0 Å². The second-order valence-corrected chi connectivity index (χ2v) is 4.87. The van der Waals surface area contributed by atoms with Gasteiger partial charge in [-0.3, -0.25) is 4.98 Å². The first kappa shape index (κ1) is 10.6. The summed E-state index contributed by atoms with van der Waals surface area (Å²) in [5, 5.41) is 3.36. The van der Waals surface area contributed by atoms with E-state index in [2.05, 4.69) is 38.1 Å². The van der Waals surface area contributed by atoms with Crippen LogP contribution in [0, 0.1) is 0 Å². The highest BCUT2D eigenvalue weighted by Crippen LogP contribution is 2.21. The van der Waals surface area contributed by atoms with E-state index in [0.29, 0.717) is 0 Å². The molecule has 0 aliphatic rings. The van der Waals surface area contributed by atoms with Gasteiger partial charge < -0.3 is 5.32 Å². The van der Waals surface area contributed by atoms with E-state index in [1.807, 2.05) is 30.0 Å². The Labute approximate surface area is 101 Å². The molecule has 1 N–H and O–H groups in total. The normalized spacial score (nSPS) is 12.4. The van der Waals surface area contributed by atoms with Gasteiger partial charge in [0.2, 0.25) is 0 Å². The third kappa shape index (κ3) is 2.76. The molecular weight excluding hydrogens is 274 g/mol. The van der Waals surface area contributed by atoms with Crippen molar-refractivity contribution in [1.82, 2.24) is 9.97 Å². The number of pyridine rings is 1. The zero-order chi connectivity index (χ0) is 10.7. The molecule has 2 rings (SSSR count). The van der Waals surface area contributed by atoms with Crippen LogP contribution >= 0.6 is 27.3 Å². The van der Waals surface area contributed by atoms with E-state index < -0.39 is 0 Å². The maximum atomic E-state index is 4.16. The van der Waals surface area contributed by atoms with Gasteiger partial charge in [0.15, 0.2) is 0 Å². The Hall–Kier alpha value is -0.940. The van der Waals surface area contributed by atoms with Crippen LogP contribution < -0.4 is 5.32 Å². The number of rotatable bonds is 3. The second-order valence-electron chi connectivity index (χ2n) is 3.14. The molecule has 1 unspecified atom stereocenters. The number of hydrogen-bond donors (Lipinski definition) is 1. The molecule has 0 radical (unpaired) electrons. The molecule has 2 aromatic heterocycles. The lowest BCUT2D eigenvalue weighted by Gasteiger charge is -2.12. The Balaban J connectivity index is 2.06. The van der Waals surface area contributed by atoms with Crippen molar-refractivity contribution < 1.29 is 0 Å². The van der Waals surface area contributed by atoms with Crippen molar-refractivity contribution in [2.45, 2.75) is 13.0 Å². The largest absolute Gasteiger partial charge is 0.376 e. The summed E-state index contributed by atoms with van der Waals surface area (Å²) in [6.07, 6.45) is 3.69. The molecule has 0 aromatic carbocycles. The number of hydrogen-bond acceptors (Lipinski definition) is 4. The molecule has 1 atom stereocenters. The van der Waals surface area contributed by atoms with E-state index in [1.165, 1.54) is 4.88 Å². The zero-order valence-electron chi connectivity index (χ0n) is 8.14. The van der Waals surface area contributed by atoms with Crippen LogP contribution in [0.25, 0.3) is 0 Å². The summed E-state index contributed by atoms with van der Waals surface area (Å²) in [6.45, 7) is 2.11. The molecule has 5 heteroatoms. The molecule has 0 saturated heterocycles. The topological polar surface area (TPSA) is 37.8 Å². The van der Waals surface area contributed by atoms with Crippen LogP contribution in [0.3, 0.4) is 0 Å². The van der Waals surface area contributed by atoms with Gasteiger partial charge in [0, 0.05) is 11.1 Å². The van der Waals surface area contributed by atoms with Crippen LogP contribution in [0.1, 0.15) is 17.8 Å². The van der Waals surface area contributed by atoms with E-state index in [0.717, 1.165) is 10.3 Å². The summed E-state index contributed by atoms with van der Waals surface area (Å²) in [6, 6.07) is 4.18. The third-order valence-corrected chi connectivity index (χ3v) is 3.42. The van der Waals surface area contributed by atoms with E-state index in [4.69, 9.17) is 0 Å². The van der Waals surface area contributed by atoms with Gasteiger partial charge in [-0.2, -0.15) is 0 Å². The van der Waals surface area contributed by atoms with Crippen molar-refractivity contribution in [2.24, 2.45) is 0 Å². The van der Waals surface area contributed by atoms with Crippen molar-refractivity contribution in [3.8, 4) is 0 Å². The molecule has 78 valence electrons. The van der Waals surface area contributed by atoms with Gasteiger partial charge in [0.05, 0.1) is 23.4 Å². The Bertz CT molecular complexity index is 413. The van der Waals surface area contributed by atoms with Crippen LogP contribution in [0.2, 0.25) is 0 Å². The Morgan fingerprint density at radius 1 is 1.40 bits per heavy atom. The second kappa shape index (κ2) is 4.72. The van der Waals surface area contributed by atoms with Gasteiger partial charge >= 0.3 is 0 Å². The molecule has 3 nitrogen and oxygen atoms in total. The summed E-state index contributed by atoms with van der Waals surface area (Å²) in [5.74, 6) is 0. The summed E-state index contributed by atoms with van der Waals surface area (Å²) in [7, 11) is 0. The van der Waals surface area contributed by atoms with Crippen molar-refractivity contribution in [3.63, 3.8) is 0 Å². The SMILES string of the molecule is CC(Nc1ccc(Br)nc1)c1cncs1. The first-order valence-corrected chi connectivity index (χ1v) is 6.19. The van der Waals surface area contributed by atoms with E-state index >= 15 is 0 Å². The minimum Gasteiger partial charge on any atom is -0.376 e. The number of nitrogens with one attached hydrogen (secondary N) is 1. The fraction of sp³-hybridized carbons (Fsp3) is 0.200. The fourth-order valence-corrected chi connectivity index (χ4v) is 2.08. The number of anilines is 1. The number of halogens is 1. The minimum atomic E-state index is 0.264. The highest BCUT2D eigenvalue weighted by atomic mass is 79.9. The predicted molar refractivity (Wildman–Crippen MR) is 66.1 cm³/mol. The van der Waals surface area contributed by atoms with Crippen molar-refractivity contribution >= 4 is 33.0 Å². The smallest absolute Gasteiger partial charge is 0.106 e. The molecule has 2 heterocycles. The van der Waals surface area contributed by atoms with Crippen LogP contribution in [0.4, 0.5) is 5.69 Å². The number of aromatic nitrogens is 2. The van der Waals surface area contributed by atoms with E-state index in [9.17, 15) is 0 Å². The molecule has 15 heavy (non-hydrogen) atoms. The highest BCUT2D eigenvalue weighted by Gasteiger charge is 2.06. The lowest BCUT2D eigenvalue weighted by atomic mass is 10.3. The highest BCUT2D eigenvalue weighted by molar-refractivity contribution is 9.10. The van der Waals surface area contributed by atoms with Crippen LogP contribution in [-0.4, -0.2) is 9.97 Å². The maximum Gasteiger partial charge on any atom is 0.106 e. The average molecular weight is 284 g/mol. The van der Waals surface area contributed by atoms with Gasteiger partial charge in [0.1, 0.15) is 4.60 Å². The van der Waals surface area contributed by atoms with Crippen molar-refractivity contribution in [3.05, 3.63) is 39.5 Å². The summed E-state index contributed by atoms with van der Waals surface area (Å²) in [4.78, 5) is 9.43. The van der Waals surface area contributed by atoms with Gasteiger partial charge in [0.25, 0.3) is 0 Å². The first-order valence-electron chi connectivity index (χ1n) is 4.52. The van der Waals surface area contributed by atoms with Gasteiger partial charge in [-0.05, 0) is 35.0 Å². The quantitative estimate of drug-likeness (QED) is 0.877. The number of thiazole rings is 1. The Morgan fingerprint density at radius 2 is 2.27 bits per heavy atom. The summed E-state index contributed by atoms with van der Waals surface area (Å²) in [5.41, 5.74) is 2.85. The number of nitrogens with zero attached hydrogens (tertiary/aromatic N) is 2. The van der Waals surface area contributed by atoms with E-state index in [1.54, 1.807) is 11.3 Å². The minimum absolute atomic E-state index is 0.264. The van der Waals surface area contributed by atoms with Crippen molar-refractivity contribution in [2.75, 3.05) is 5.32 Å². The lowest BCUT2D eigenvalue weighted by Crippen LogP contribution is -2.04. The molecule has 2 aromatic rings. The predicted octanol–water partition coefficient (Wildman–Crippen LogP) is 3.47. The summed E-state index contributed by atoms with van der Waals surface area (Å²) < 4.78 is 0.846. The van der Waals surface area contributed by atoms with Crippen LogP contribution in [-0.2, 0) is 0 Å². The summed E-state index contributed by atoms with van der Waals surface area (Å²) >= 11 is 4.95. The first-order chi connectivity index (χ1) is 7.25. The molecule has 0 saturated carbocycles. The standard InChI is InChI=1S/C10H10BrN3S/c1-7(9-5-12-6-15-9)14-8-2-3-10(11)13-4-8/h2-7,14H,1H3. The molecule has 0 fully saturated rings. The molecule has 0 aliphatic carbocycles. The van der Waals surface area contributed by atoms with E-state index in [-0.39, 0.29) is 6.04 Å². The zero-order valence-corrected chi connectivity index (χ0v) is 10.5. The molecule has 0 bridgehead atoms. The fourth-order valence-electron chi connectivity index (χ4n) is 1.22. The Morgan fingerprint density at radius 3 is 2.87 bits per heavy atom. The maximum absolute atomic E-state index is 4.16. The molecule has 0 spiro atoms. The Kier molecular flexibility index (Phi) is 3.33. The lowest BCUT2D eigenvalue weighted by molar-refractivity contribution is 0.901. The molecule has 0 amide bonds. The monoisotopic (exact) mass is 283 g/mol. The van der Waals surface area contributed by atoms with Gasteiger partial charge in [-0.25, -0.2) is 4.98 Å². The third-order valence-electron chi connectivity index (χ3n) is 1.99. The molecular formula is C10H10BrN3S.